The monoisotopic (exact) mass is 267 g/mol. The van der Waals surface area contributed by atoms with Crippen LogP contribution in [-0.2, 0) is 0 Å². The van der Waals surface area contributed by atoms with Gasteiger partial charge in [-0.15, -0.1) is 0 Å². The molecule has 0 saturated carbocycles. The van der Waals surface area contributed by atoms with E-state index in [0.29, 0.717) is 16.0 Å². The maximum absolute atomic E-state index is 13.0. The van der Waals surface area contributed by atoms with Gasteiger partial charge in [0.1, 0.15) is 17.3 Å². The molecular formula is C11H7BrFNO. The number of aromatic nitrogens is 1. The Labute approximate surface area is 94.9 Å². The minimum absolute atomic E-state index is 0.339. The summed E-state index contributed by atoms with van der Waals surface area (Å²) < 4.78 is 19.1. The maximum Gasteiger partial charge on any atom is 0.131 e. The standard InChI is InChI=1S/C11H7BrFNO/c12-8-5-9(13)7-11(6-8)15-10-1-3-14-4-2-10/h1-7H. The first-order valence-electron chi connectivity index (χ1n) is 4.28. The van der Waals surface area contributed by atoms with E-state index in [2.05, 4.69) is 20.9 Å². The van der Waals surface area contributed by atoms with Crippen molar-refractivity contribution < 1.29 is 9.13 Å². The van der Waals surface area contributed by atoms with Crippen LogP contribution in [0.2, 0.25) is 0 Å². The lowest BCUT2D eigenvalue weighted by atomic mass is 10.3. The van der Waals surface area contributed by atoms with Crippen LogP contribution in [0.5, 0.6) is 11.5 Å². The Morgan fingerprint density at radius 2 is 1.80 bits per heavy atom. The summed E-state index contributed by atoms with van der Waals surface area (Å²) in [4.78, 5) is 3.86. The number of nitrogens with zero attached hydrogens (tertiary/aromatic N) is 1. The number of hydrogen-bond donors (Lipinski definition) is 0. The summed E-state index contributed by atoms with van der Waals surface area (Å²) in [5, 5.41) is 0. The van der Waals surface area contributed by atoms with Gasteiger partial charge in [-0.2, -0.15) is 0 Å². The highest BCUT2D eigenvalue weighted by atomic mass is 79.9. The molecule has 1 aromatic heterocycles. The molecule has 0 aliphatic carbocycles. The first-order valence-corrected chi connectivity index (χ1v) is 5.07. The molecule has 2 nitrogen and oxygen atoms in total. The number of pyridine rings is 1. The fourth-order valence-electron chi connectivity index (χ4n) is 1.13. The summed E-state index contributed by atoms with van der Waals surface area (Å²) >= 11 is 3.19. The molecule has 76 valence electrons. The minimum Gasteiger partial charge on any atom is -0.457 e. The van der Waals surface area contributed by atoms with Gasteiger partial charge in [-0.25, -0.2) is 4.39 Å². The second kappa shape index (κ2) is 4.40. The van der Waals surface area contributed by atoms with E-state index in [-0.39, 0.29) is 5.82 Å². The quantitative estimate of drug-likeness (QED) is 0.826. The molecule has 2 aromatic rings. The highest BCUT2D eigenvalue weighted by Crippen LogP contribution is 2.25. The molecule has 1 aromatic carbocycles. The molecule has 0 amide bonds. The summed E-state index contributed by atoms with van der Waals surface area (Å²) in [7, 11) is 0. The first-order chi connectivity index (χ1) is 7.24. The van der Waals surface area contributed by atoms with Crippen molar-refractivity contribution in [3.63, 3.8) is 0 Å². The Balaban J connectivity index is 2.25. The van der Waals surface area contributed by atoms with Crippen LogP contribution in [0.25, 0.3) is 0 Å². The van der Waals surface area contributed by atoms with E-state index >= 15 is 0 Å². The van der Waals surface area contributed by atoms with Gasteiger partial charge in [0.2, 0.25) is 0 Å². The van der Waals surface area contributed by atoms with Crippen molar-refractivity contribution in [1.29, 1.82) is 0 Å². The van der Waals surface area contributed by atoms with Gasteiger partial charge in [-0.3, -0.25) is 4.98 Å². The summed E-state index contributed by atoms with van der Waals surface area (Å²) in [5.74, 6) is 0.740. The van der Waals surface area contributed by atoms with Gasteiger partial charge in [-0.1, -0.05) is 15.9 Å². The Morgan fingerprint density at radius 3 is 2.47 bits per heavy atom. The molecule has 1 heterocycles. The molecule has 2 rings (SSSR count). The molecular weight excluding hydrogens is 261 g/mol. The number of halogens is 2. The Bertz CT molecular complexity index is 441. The fraction of sp³-hybridized carbons (Fsp3) is 0. The number of benzene rings is 1. The van der Waals surface area contributed by atoms with Crippen molar-refractivity contribution in [1.82, 2.24) is 4.98 Å². The summed E-state index contributed by atoms with van der Waals surface area (Å²) in [5.41, 5.74) is 0. The molecule has 4 heteroatoms. The molecule has 0 fully saturated rings. The molecule has 0 bridgehead atoms. The Kier molecular flexibility index (Phi) is 2.97. The van der Waals surface area contributed by atoms with Crippen LogP contribution in [0.1, 0.15) is 0 Å². The van der Waals surface area contributed by atoms with Gasteiger partial charge in [-0.05, 0) is 24.3 Å². The molecule has 0 atom stereocenters. The van der Waals surface area contributed by atoms with E-state index < -0.39 is 0 Å². The van der Waals surface area contributed by atoms with Crippen LogP contribution >= 0.6 is 15.9 Å². The molecule has 15 heavy (non-hydrogen) atoms. The average molecular weight is 268 g/mol. The van der Waals surface area contributed by atoms with Crippen LogP contribution in [0, 0.1) is 5.82 Å². The zero-order chi connectivity index (χ0) is 10.7. The second-order valence-corrected chi connectivity index (χ2v) is 3.81. The minimum atomic E-state index is -0.339. The zero-order valence-electron chi connectivity index (χ0n) is 7.65. The molecule has 0 spiro atoms. The van der Waals surface area contributed by atoms with Gasteiger partial charge in [0.15, 0.2) is 0 Å². The van der Waals surface area contributed by atoms with Gasteiger partial charge in [0.05, 0.1) is 0 Å². The molecule has 0 N–H and O–H groups in total. The number of rotatable bonds is 2. The van der Waals surface area contributed by atoms with E-state index in [1.165, 1.54) is 12.1 Å². The van der Waals surface area contributed by atoms with Crippen molar-refractivity contribution >= 4 is 15.9 Å². The van der Waals surface area contributed by atoms with Crippen LogP contribution in [0.3, 0.4) is 0 Å². The lowest BCUT2D eigenvalue weighted by Crippen LogP contribution is -1.85. The van der Waals surface area contributed by atoms with E-state index in [9.17, 15) is 4.39 Å². The molecule has 0 radical (unpaired) electrons. The third kappa shape index (κ3) is 2.76. The SMILES string of the molecule is Fc1cc(Br)cc(Oc2ccncc2)c1. The van der Waals surface area contributed by atoms with Gasteiger partial charge >= 0.3 is 0 Å². The van der Waals surface area contributed by atoms with Gasteiger partial charge < -0.3 is 4.74 Å². The summed E-state index contributed by atoms with van der Waals surface area (Å²) in [6.07, 6.45) is 3.23. The molecule has 0 unspecified atom stereocenters. The van der Waals surface area contributed by atoms with Crippen molar-refractivity contribution in [2.45, 2.75) is 0 Å². The van der Waals surface area contributed by atoms with Crippen LogP contribution in [0.4, 0.5) is 4.39 Å². The van der Waals surface area contributed by atoms with Crippen molar-refractivity contribution in [2.75, 3.05) is 0 Å². The average Bonchev–Trinajstić information content (AvgIpc) is 2.17. The van der Waals surface area contributed by atoms with E-state index in [1.54, 1.807) is 30.6 Å². The smallest absolute Gasteiger partial charge is 0.131 e. The van der Waals surface area contributed by atoms with Gasteiger partial charge in [0.25, 0.3) is 0 Å². The Morgan fingerprint density at radius 1 is 1.07 bits per heavy atom. The van der Waals surface area contributed by atoms with Crippen molar-refractivity contribution in [3.05, 3.63) is 53.0 Å². The zero-order valence-corrected chi connectivity index (χ0v) is 9.24. The van der Waals surface area contributed by atoms with Crippen LogP contribution in [0.15, 0.2) is 47.2 Å². The molecule has 0 aliphatic heterocycles. The van der Waals surface area contributed by atoms with Crippen LogP contribution < -0.4 is 4.74 Å². The fourth-order valence-corrected chi connectivity index (χ4v) is 1.57. The predicted octanol–water partition coefficient (Wildman–Crippen LogP) is 3.78. The number of ether oxygens (including phenoxy) is 1. The largest absolute Gasteiger partial charge is 0.457 e. The lowest BCUT2D eigenvalue weighted by Gasteiger charge is -2.05. The maximum atomic E-state index is 13.0. The highest BCUT2D eigenvalue weighted by molar-refractivity contribution is 9.10. The van der Waals surface area contributed by atoms with E-state index in [1.807, 2.05) is 0 Å². The summed E-state index contributed by atoms with van der Waals surface area (Å²) in [6, 6.07) is 7.81. The van der Waals surface area contributed by atoms with Crippen LogP contribution in [-0.4, -0.2) is 4.98 Å². The molecule has 0 saturated heterocycles. The normalized spacial score (nSPS) is 10.0. The third-order valence-corrected chi connectivity index (χ3v) is 2.18. The van der Waals surface area contributed by atoms with Gasteiger partial charge in [0, 0.05) is 22.9 Å². The Hall–Kier alpha value is -1.42. The highest BCUT2D eigenvalue weighted by Gasteiger charge is 2.01. The number of hydrogen-bond acceptors (Lipinski definition) is 2. The van der Waals surface area contributed by atoms with E-state index in [4.69, 9.17) is 4.74 Å². The predicted molar refractivity (Wildman–Crippen MR) is 58.4 cm³/mol. The first kappa shape index (κ1) is 10.1. The topological polar surface area (TPSA) is 22.1 Å². The second-order valence-electron chi connectivity index (χ2n) is 2.89. The lowest BCUT2D eigenvalue weighted by molar-refractivity contribution is 0.475. The van der Waals surface area contributed by atoms with Crippen molar-refractivity contribution in [3.8, 4) is 11.5 Å². The molecule has 0 aliphatic rings. The summed E-state index contributed by atoms with van der Waals surface area (Å²) in [6.45, 7) is 0. The van der Waals surface area contributed by atoms with Crippen molar-refractivity contribution in [2.24, 2.45) is 0 Å². The van der Waals surface area contributed by atoms with E-state index in [0.717, 1.165) is 0 Å². The third-order valence-electron chi connectivity index (χ3n) is 1.72.